The average molecular weight is 712 g/mol. The zero-order chi connectivity index (χ0) is 37.1. The molecule has 0 aromatic heterocycles. The second-order valence-electron chi connectivity index (χ2n) is 14.8. The molecule has 0 radical (unpaired) electrons. The molecule has 0 N–H and O–H groups in total. The van der Waals surface area contributed by atoms with Crippen LogP contribution in [0.4, 0.5) is 17.1 Å². The predicted octanol–water partition coefficient (Wildman–Crippen LogP) is 14.5. The summed E-state index contributed by atoms with van der Waals surface area (Å²) in [4.78, 5) is 2.44. The van der Waals surface area contributed by atoms with E-state index < -0.39 is 5.41 Å². The molecule has 1 nitrogen and oxygen atoms in total. The molecule has 0 amide bonds. The highest BCUT2D eigenvalue weighted by Gasteiger charge is 2.51. The molecule has 262 valence electrons. The van der Waals surface area contributed by atoms with E-state index in [0.29, 0.717) is 0 Å². The Balaban J connectivity index is 1.16. The first-order valence-corrected chi connectivity index (χ1v) is 19.4. The molecule has 2 aliphatic rings. The van der Waals surface area contributed by atoms with Gasteiger partial charge in [0.1, 0.15) is 0 Å². The van der Waals surface area contributed by atoms with Gasteiger partial charge in [-0.1, -0.05) is 188 Å². The zero-order valence-corrected chi connectivity index (χ0v) is 30.8. The van der Waals surface area contributed by atoms with Crippen molar-refractivity contribution in [2.24, 2.45) is 0 Å². The van der Waals surface area contributed by atoms with Crippen LogP contribution in [0.15, 0.2) is 224 Å². The molecule has 0 atom stereocenters. The third-order valence-electron chi connectivity index (χ3n) is 11.9. The average Bonchev–Trinajstić information content (AvgIpc) is 3.74. The van der Waals surface area contributed by atoms with Crippen molar-refractivity contribution in [3.63, 3.8) is 0 Å². The number of fused-ring (bicyclic) bond motifs is 10. The lowest BCUT2D eigenvalue weighted by Crippen LogP contribution is -2.26. The van der Waals surface area contributed by atoms with Gasteiger partial charge in [-0.2, -0.15) is 0 Å². The van der Waals surface area contributed by atoms with Crippen molar-refractivity contribution < 1.29 is 0 Å². The van der Waals surface area contributed by atoms with Crippen LogP contribution in [0.2, 0.25) is 0 Å². The van der Waals surface area contributed by atoms with Gasteiger partial charge in [-0.3, -0.25) is 0 Å². The van der Waals surface area contributed by atoms with E-state index in [1.807, 2.05) is 0 Å². The quantitative estimate of drug-likeness (QED) is 0.166. The summed E-state index contributed by atoms with van der Waals surface area (Å²) in [7, 11) is 0. The maximum absolute atomic E-state index is 2.47. The minimum atomic E-state index is -0.439. The molecule has 0 heterocycles. The third-order valence-corrected chi connectivity index (χ3v) is 11.9. The maximum atomic E-state index is 2.47. The van der Waals surface area contributed by atoms with Crippen LogP contribution >= 0.6 is 0 Å². The van der Waals surface area contributed by atoms with Crippen LogP contribution in [0.3, 0.4) is 0 Å². The number of benzene rings is 9. The van der Waals surface area contributed by atoms with E-state index in [-0.39, 0.29) is 0 Å². The van der Waals surface area contributed by atoms with Gasteiger partial charge in [-0.15, -0.1) is 0 Å². The van der Waals surface area contributed by atoms with Crippen LogP contribution < -0.4 is 4.90 Å². The summed E-state index contributed by atoms with van der Waals surface area (Å²) in [6.07, 6.45) is 0. The smallest absolute Gasteiger partial charge is 0.0725 e. The Kier molecular flexibility index (Phi) is 7.47. The molecule has 11 rings (SSSR count). The number of nitrogens with zero attached hydrogens (tertiary/aromatic N) is 1. The van der Waals surface area contributed by atoms with Crippen molar-refractivity contribution in [3.05, 3.63) is 247 Å². The fourth-order valence-corrected chi connectivity index (χ4v) is 9.47. The Bertz CT molecular complexity index is 2850. The Morgan fingerprint density at radius 1 is 0.250 bits per heavy atom. The molecular formula is C55H37N. The minimum absolute atomic E-state index is 0.439. The summed E-state index contributed by atoms with van der Waals surface area (Å²) < 4.78 is 0. The molecule has 9 aromatic rings. The van der Waals surface area contributed by atoms with Crippen LogP contribution in [0.1, 0.15) is 22.3 Å². The molecule has 0 saturated carbocycles. The third kappa shape index (κ3) is 4.88. The highest BCUT2D eigenvalue weighted by molar-refractivity contribution is 5.98. The fraction of sp³-hybridized carbons (Fsp3) is 0.0182. The van der Waals surface area contributed by atoms with Crippen LogP contribution in [-0.2, 0) is 5.41 Å². The van der Waals surface area contributed by atoms with Gasteiger partial charge in [0.05, 0.1) is 11.1 Å². The summed E-state index contributed by atoms with van der Waals surface area (Å²) in [5.41, 5.74) is 20.7. The number of rotatable bonds is 6. The van der Waals surface area contributed by atoms with E-state index in [9.17, 15) is 0 Å². The van der Waals surface area contributed by atoms with E-state index in [4.69, 9.17) is 0 Å². The van der Waals surface area contributed by atoms with E-state index in [1.54, 1.807) is 0 Å². The lowest BCUT2D eigenvalue weighted by molar-refractivity contribution is 0.794. The van der Waals surface area contributed by atoms with Crippen molar-refractivity contribution >= 4 is 17.1 Å². The topological polar surface area (TPSA) is 3.24 Å². The first-order valence-electron chi connectivity index (χ1n) is 19.4. The molecule has 0 bridgehead atoms. The van der Waals surface area contributed by atoms with Gasteiger partial charge in [-0.25, -0.2) is 0 Å². The zero-order valence-electron chi connectivity index (χ0n) is 30.8. The van der Waals surface area contributed by atoms with Gasteiger partial charge in [0.15, 0.2) is 0 Å². The van der Waals surface area contributed by atoms with Crippen molar-refractivity contribution in [2.75, 3.05) is 4.90 Å². The normalized spacial score (nSPS) is 12.8. The van der Waals surface area contributed by atoms with Gasteiger partial charge in [0.2, 0.25) is 0 Å². The second-order valence-corrected chi connectivity index (χ2v) is 14.8. The molecule has 0 unspecified atom stereocenters. The fourth-order valence-electron chi connectivity index (χ4n) is 9.47. The van der Waals surface area contributed by atoms with Gasteiger partial charge in [0, 0.05) is 16.9 Å². The molecule has 2 aliphatic carbocycles. The summed E-state index contributed by atoms with van der Waals surface area (Å²) in [5, 5.41) is 0. The van der Waals surface area contributed by atoms with E-state index in [2.05, 4.69) is 229 Å². The van der Waals surface area contributed by atoms with Crippen LogP contribution in [-0.4, -0.2) is 0 Å². The van der Waals surface area contributed by atoms with Crippen LogP contribution in [0.25, 0.3) is 55.6 Å². The Morgan fingerprint density at radius 3 is 1.34 bits per heavy atom. The number of anilines is 3. The Labute approximate surface area is 328 Å². The SMILES string of the molecule is c1ccc(-c2ccc(N(c3ccc4c(c3)-c3ccc(-c5ccccc5)cc3C43c4ccccc4-c4ccccc43)c3ccccc3-c3ccccc3)cc2)cc1. The summed E-state index contributed by atoms with van der Waals surface area (Å²) in [5.74, 6) is 0. The monoisotopic (exact) mass is 711 g/mol. The maximum Gasteiger partial charge on any atom is 0.0725 e. The summed E-state index contributed by atoms with van der Waals surface area (Å²) in [6, 6.07) is 82.4. The Hall–Kier alpha value is -7.22. The van der Waals surface area contributed by atoms with E-state index in [1.165, 1.54) is 77.9 Å². The van der Waals surface area contributed by atoms with Crippen molar-refractivity contribution in [1.82, 2.24) is 0 Å². The first kappa shape index (κ1) is 32.2. The summed E-state index contributed by atoms with van der Waals surface area (Å²) in [6.45, 7) is 0. The molecule has 1 spiro atoms. The molecular weight excluding hydrogens is 675 g/mol. The minimum Gasteiger partial charge on any atom is -0.310 e. The van der Waals surface area contributed by atoms with Crippen molar-refractivity contribution in [1.29, 1.82) is 0 Å². The van der Waals surface area contributed by atoms with Crippen molar-refractivity contribution in [3.8, 4) is 55.6 Å². The van der Waals surface area contributed by atoms with Crippen LogP contribution in [0, 0.1) is 0 Å². The van der Waals surface area contributed by atoms with Gasteiger partial charge in [-0.05, 0) is 109 Å². The largest absolute Gasteiger partial charge is 0.310 e. The predicted molar refractivity (Wildman–Crippen MR) is 234 cm³/mol. The van der Waals surface area contributed by atoms with Crippen LogP contribution in [0.5, 0.6) is 0 Å². The molecule has 56 heavy (non-hydrogen) atoms. The van der Waals surface area contributed by atoms with Gasteiger partial charge >= 0.3 is 0 Å². The number of para-hydroxylation sites is 1. The lowest BCUT2D eigenvalue weighted by atomic mass is 9.70. The molecule has 0 fully saturated rings. The highest BCUT2D eigenvalue weighted by Crippen LogP contribution is 2.63. The van der Waals surface area contributed by atoms with Gasteiger partial charge < -0.3 is 4.90 Å². The Morgan fingerprint density at radius 2 is 0.696 bits per heavy atom. The highest BCUT2D eigenvalue weighted by atomic mass is 15.1. The molecule has 1 heteroatoms. The molecule has 0 saturated heterocycles. The standard InChI is InChI=1S/C55H37N/c1-4-16-38(17-5-1)40-28-31-43(32-29-40)56(54-27-15-12-22-45(54)41-20-8-3-9-21-41)44-33-35-52-49(37-44)48-34-30-42(39-18-6-2-7-19-39)36-53(48)55(52)50-25-13-10-23-46(50)47-24-11-14-26-51(47)55/h1-37H. The van der Waals surface area contributed by atoms with Crippen molar-refractivity contribution in [2.45, 2.75) is 5.41 Å². The number of hydrogen-bond acceptors (Lipinski definition) is 1. The molecule has 0 aliphatic heterocycles. The van der Waals surface area contributed by atoms with Gasteiger partial charge in [0.25, 0.3) is 0 Å². The number of hydrogen-bond donors (Lipinski definition) is 0. The van der Waals surface area contributed by atoms with E-state index >= 15 is 0 Å². The molecule has 9 aromatic carbocycles. The first-order chi connectivity index (χ1) is 27.8. The lowest BCUT2D eigenvalue weighted by Gasteiger charge is -2.32. The summed E-state index contributed by atoms with van der Waals surface area (Å²) >= 11 is 0. The second kappa shape index (κ2) is 13.0. The van der Waals surface area contributed by atoms with E-state index in [0.717, 1.165) is 17.1 Å².